The molecule has 1 saturated heterocycles. The van der Waals surface area contributed by atoms with Crippen LogP contribution in [0.1, 0.15) is 29.6 Å². The largest absolute Gasteiger partial charge is 0.338 e. The Morgan fingerprint density at radius 3 is 2.95 bits per heavy atom. The van der Waals surface area contributed by atoms with Gasteiger partial charge in [-0.1, -0.05) is 11.6 Å². The minimum atomic E-state index is 0. The lowest BCUT2D eigenvalue weighted by molar-refractivity contribution is 0.0668. The van der Waals surface area contributed by atoms with Gasteiger partial charge in [-0.3, -0.25) is 4.79 Å². The number of likely N-dealkylation sites (tertiary alicyclic amines) is 1. The van der Waals surface area contributed by atoms with Gasteiger partial charge in [-0.25, -0.2) is 0 Å². The lowest BCUT2D eigenvalue weighted by Gasteiger charge is -2.33. The smallest absolute Gasteiger partial charge is 0.254 e. The maximum Gasteiger partial charge on any atom is 0.254 e. The monoisotopic (exact) mass is 428 g/mol. The number of benzene rings is 1. The van der Waals surface area contributed by atoms with Crippen molar-refractivity contribution in [3.8, 4) is 0 Å². The molecule has 20 heavy (non-hydrogen) atoms. The second kappa shape index (κ2) is 8.41. The zero-order chi connectivity index (χ0) is 13.8. The topological polar surface area (TPSA) is 46.3 Å². The van der Waals surface area contributed by atoms with Crippen LogP contribution in [0.25, 0.3) is 0 Å². The Morgan fingerprint density at radius 1 is 1.50 bits per heavy atom. The van der Waals surface area contributed by atoms with Crippen LogP contribution in [-0.2, 0) is 0 Å². The van der Waals surface area contributed by atoms with Gasteiger partial charge < -0.3 is 10.6 Å². The Kier molecular flexibility index (Phi) is 7.58. The minimum absolute atomic E-state index is 0. The number of nitrogens with two attached hydrogens (primary N) is 1. The van der Waals surface area contributed by atoms with Crippen molar-refractivity contribution < 1.29 is 4.79 Å². The minimum Gasteiger partial charge on any atom is -0.338 e. The van der Waals surface area contributed by atoms with Gasteiger partial charge in [0.2, 0.25) is 0 Å². The molecule has 2 rings (SSSR count). The second-order valence-corrected chi connectivity index (χ2v) is 6.56. The highest BCUT2D eigenvalue weighted by Crippen LogP contribution is 2.24. The molecule has 0 aliphatic carbocycles. The summed E-state index contributed by atoms with van der Waals surface area (Å²) in [5, 5.41) is 0.610. The molecule has 1 aliphatic rings. The van der Waals surface area contributed by atoms with Crippen LogP contribution in [0.15, 0.2) is 18.2 Å². The molecule has 0 saturated carbocycles. The zero-order valence-corrected chi connectivity index (χ0v) is 14.9. The number of hydrogen-bond donors (Lipinski definition) is 1. The molecule has 112 valence electrons. The van der Waals surface area contributed by atoms with Crippen molar-refractivity contribution in [2.45, 2.75) is 19.3 Å². The first-order valence-corrected chi connectivity index (χ1v) is 8.02. The third-order valence-corrected chi connectivity index (χ3v) is 4.72. The fourth-order valence-corrected chi connectivity index (χ4v) is 3.29. The predicted molar refractivity (Wildman–Crippen MR) is 93.7 cm³/mol. The lowest BCUT2D eigenvalue weighted by atomic mass is 9.94. The van der Waals surface area contributed by atoms with Gasteiger partial charge in [0.1, 0.15) is 0 Å². The average molecular weight is 429 g/mol. The van der Waals surface area contributed by atoms with Crippen molar-refractivity contribution in [1.82, 2.24) is 4.90 Å². The van der Waals surface area contributed by atoms with Crippen LogP contribution in [0.4, 0.5) is 0 Å². The van der Waals surface area contributed by atoms with Crippen LogP contribution in [0.2, 0.25) is 5.02 Å². The number of carbonyl (C=O) groups excluding carboxylic acids is 1. The van der Waals surface area contributed by atoms with E-state index in [0.29, 0.717) is 23.0 Å². The maximum absolute atomic E-state index is 12.6. The van der Waals surface area contributed by atoms with E-state index in [9.17, 15) is 4.79 Å². The summed E-state index contributed by atoms with van der Waals surface area (Å²) in [6, 6.07) is 5.46. The molecule has 1 fully saturated rings. The van der Waals surface area contributed by atoms with Crippen LogP contribution in [0.3, 0.4) is 0 Å². The highest BCUT2D eigenvalue weighted by atomic mass is 127. The lowest BCUT2D eigenvalue weighted by Crippen LogP contribution is -2.40. The molecule has 6 heteroatoms. The average Bonchev–Trinajstić information content (AvgIpc) is 2.41. The van der Waals surface area contributed by atoms with Gasteiger partial charge in [-0.15, -0.1) is 12.4 Å². The number of nitrogens with zero attached hydrogens (tertiary/aromatic N) is 1. The summed E-state index contributed by atoms with van der Waals surface area (Å²) in [5.41, 5.74) is 6.32. The van der Waals surface area contributed by atoms with Crippen LogP contribution in [0, 0.1) is 9.49 Å². The van der Waals surface area contributed by atoms with E-state index >= 15 is 0 Å². The predicted octanol–water partition coefficient (Wildman–Crippen LogP) is 3.57. The second-order valence-electron chi connectivity index (χ2n) is 4.96. The third kappa shape index (κ3) is 4.48. The summed E-state index contributed by atoms with van der Waals surface area (Å²) < 4.78 is 0.952. The van der Waals surface area contributed by atoms with Gasteiger partial charge in [-0.2, -0.15) is 0 Å². The molecule has 1 heterocycles. The number of amides is 1. The summed E-state index contributed by atoms with van der Waals surface area (Å²) in [4.78, 5) is 14.5. The molecule has 1 atom stereocenters. The van der Waals surface area contributed by atoms with E-state index < -0.39 is 0 Å². The van der Waals surface area contributed by atoms with Crippen LogP contribution in [-0.4, -0.2) is 30.4 Å². The van der Waals surface area contributed by atoms with E-state index in [1.165, 1.54) is 6.42 Å². The van der Waals surface area contributed by atoms with Gasteiger partial charge in [-0.05, 0) is 72.5 Å². The summed E-state index contributed by atoms with van der Waals surface area (Å²) >= 11 is 8.17. The zero-order valence-electron chi connectivity index (χ0n) is 11.1. The van der Waals surface area contributed by atoms with Crippen molar-refractivity contribution in [1.29, 1.82) is 0 Å². The van der Waals surface area contributed by atoms with Gasteiger partial charge in [0.25, 0.3) is 5.91 Å². The first kappa shape index (κ1) is 18.0. The number of halogens is 3. The standard InChI is InChI=1S/C14H18ClIN2O.ClH/c15-11-3-4-13(16)12(8-11)14(19)18-7-1-2-10(9-18)5-6-17;/h3-4,8,10H,1-2,5-7,9,17H2;1H. The van der Waals surface area contributed by atoms with Crippen molar-refractivity contribution in [3.63, 3.8) is 0 Å². The van der Waals surface area contributed by atoms with E-state index in [1.54, 1.807) is 6.07 Å². The highest BCUT2D eigenvalue weighted by molar-refractivity contribution is 14.1. The van der Waals surface area contributed by atoms with Crippen molar-refractivity contribution in [3.05, 3.63) is 32.4 Å². The quantitative estimate of drug-likeness (QED) is 0.748. The molecule has 1 amide bonds. The molecule has 1 aromatic rings. The molecular weight excluding hydrogens is 410 g/mol. The highest BCUT2D eigenvalue weighted by Gasteiger charge is 2.25. The molecule has 1 aliphatic heterocycles. The Bertz CT molecular complexity index is 468. The maximum atomic E-state index is 12.6. The molecule has 3 nitrogen and oxygen atoms in total. The molecular formula is C14H19Cl2IN2O. The van der Waals surface area contributed by atoms with E-state index in [1.807, 2.05) is 17.0 Å². The van der Waals surface area contributed by atoms with Gasteiger partial charge in [0, 0.05) is 21.7 Å². The first-order chi connectivity index (χ1) is 9.11. The van der Waals surface area contributed by atoms with Crippen LogP contribution >= 0.6 is 46.6 Å². The van der Waals surface area contributed by atoms with Crippen molar-refractivity contribution in [2.75, 3.05) is 19.6 Å². The number of rotatable bonds is 3. The molecule has 0 aromatic heterocycles. The fourth-order valence-electron chi connectivity index (χ4n) is 2.55. The molecule has 1 unspecified atom stereocenters. The first-order valence-electron chi connectivity index (χ1n) is 6.56. The van der Waals surface area contributed by atoms with E-state index in [-0.39, 0.29) is 18.3 Å². The Labute approximate surface area is 144 Å². The summed E-state index contributed by atoms with van der Waals surface area (Å²) in [5.74, 6) is 0.633. The normalized spacial score (nSPS) is 18.6. The molecule has 0 bridgehead atoms. The molecule has 0 spiro atoms. The Morgan fingerprint density at radius 2 is 2.25 bits per heavy atom. The van der Waals surface area contributed by atoms with Gasteiger partial charge >= 0.3 is 0 Å². The van der Waals surface area contributed by atoms with E-state index in [4.69, 9.17) is 17.3 Å². The van der Waals surface area contributed by atoms with Crippen molar-refractivity contribution >= 4 is 52.5 Å². The molecule has 2 N–H and O–H groups in total. The van der Waals surface area contributed by atoms with Gasteiger partial charge in [0.05, 0.1) is 5.56 Å². The van der Waals surface area contributed by atoms with E-state index in [0.717, 1.165) is 29.5 Å². The third-order valence-electron chi connectivity index (χ3n) is 3.54. The molecule has 0 radical (unpaired) electrons. The van der Waals surface area contributed by atoms with Gasteiger partial charge in [0.15, 0.2) is 0 Å². The molecule has 1 aromatic carbocycles. The Balaban J connectivity index is 0.00000200. The number of hydrogen-bond acceptors (Lipinski definition) is 2. The SMILES string of the molecule is Cl.NCCC1CCCN(C(=O)c2cc(Cl)ccc2I)C1. The van der Waals surface area contributed by atoms with Crippen LogP contribution < -0.4 is 5.73 Å². The summed E-state index contributed by atoms with van der Waals surface area (Å²) in [7, 11) is 0. The number of piperidine rings is 1. The van der Waals surface area contributed by atoms with Crippen LogP contribution in [0.5, 0.6) is 0 Å². The summed E-state index contributed by atoms with van der Waals surface area (Å²) in [6.45, 7) is 2.35. The number of carbonyl (C=O) groups is 1. The summed E-state index contributed by atoms with van der Waals surface area (Å²) in [6.07, 6.45) is 3.23. The van der Waals surface area contributed by atoms with Crippen molar-refractivity contribution in [2.24, 2.45) is 11.7 Å². The Hall–Kier alpha value is -0.0400. The van der Waals surface area contributed by atoms with E-state index in [2.05, 4.69) is 22.6 Å². The fraction of sp³-hybridized carbons (Fsp3) is 0.500.